The number of hydrogen-bond donors (Lipinski definition) is 2. The van der Waals surface area contributed by atoms with E-state index in [0.717, 1.165) is 17.8 Å². The molecular weight excluding hydrogens is 439 g/mol. The monoisotopic (exact) mass is 467 g/mol. The predicted octanol–water partition coefficient (Wildman–Crippen LogP) is 3.40. The highest BCUT2D eigenvalue weighted by molar-refractivity contribution is 6.02. The van der Waals surface area contributed by atoms with Crippen LogP contribution in [0.5, 0.6) is 5.75 Å². The van der Waals surface area contributed by atoms with Gasteiger partial charge in [0.15, 0.2) is 5.78 Å². The molecule has 2 aliphatic heterocycles. The van der Waals surface area contributed by atoms with Crippen LogP contribution in [-0.2, 0) is 14.4 Å². The molecule has 2 N–H and O–H groups in total. The minimum atomic E-state index is -4.46. The van der Waals surface area contributed by atoms with Crippen molar-refractivity contribution in [1.29, 1.82) is 0 Å². The van der Waals surface area contributed by atoms with Gasteiger partial charge in [-0.3, -0.25) is 14.4 Å². The van der Waals surface area contributed by atoms with E-state index in [1.165, 1.54) is 20.1 Å². The molecule has 0 aliphatic carbocycles. The molecule has 180 valence electrons. The number of methoxy groups -OCH3 is 1. The second-order valence-electron chi connectivity index (χ2n) is 8.99. The minimum Gasteiger partial charge on any atom is -0.497 e. The molecule has 33 heavy (non-hydrogen) atoms. The van der Waals surface area contributed by atoms with Crippen molar-refractivity contribution < 1.29 is 32.3 Å². The van der Waals surface area contributed by atoms with E-state index in [-0.39, 0.29) is 11.2 Å². The zero-order valence-corrected chi connectivity index (χ0v) is 19.0. The Balaban J connectivity index is 1.83. The first-order valence-electron chi connectivity index (χ1n) is 10.7. The highest BCUT2D eigenvalue weighted by atomic mass is 19.4. The molecule has 10 heteroatoms. The maximum Gasteiger partial charge on any atom is 0.389 e. The number of nitrogens with zero attached hydrogens (tertiary/aromatic N) is 1. The van der Waals surface area contributed by atoms with Gasteiger partial charge in [-0.05, 0) is 19.4 Å². The fraction of sp³-hybridized carbons (Fsp3) is 0.522. The quantitative estimate of drug-likeness (QED) is 0.670. The van der Waals surface area contributed by atoms with Gasteiger partial charge < -0.3 is 20.3 Å². The molecule has 1 aromatic rings. The summed E-state index contributed by atoms with van der Waals surface area (Å²) in [5.41, 5.74) is 1.92. The van der Waals surface area contributed by atoms with Crippen LogP contribution in [0.25, 0.3) is 0 Å². The van der Waals surface area contributed by atoms with E-state index in [2.05, 4.69) is 10.6 Å². The van der Waals surface area contributed by atoms with Crippen molar-refractivity contribution in [1.82, 2.24) is 10.6 Å². The summed E-state index contributed by atoms with van der Waals surface area (Å²) in [7, 11) is 1.54. The lowest BCUT2D eigenvalue weighted by atomic mass is 9.88. The number of rotatable bonds is 6. The first-order chi connectivity index (χ1) is 15.3. The molecule has 2 heterocycles. The summed E-state index contributed by atoms with van der Waals surface area (Å²) in [5.74, 6) is -1.28. The number of carbonyl (C=O) groups is 3. The number of ketones is 1. The Bertz CT molecular complexity index is 988. The predicted molar refractivity (Wildman–Crippen MR) is 116 cm³/mol. The maximum atomic E-state index is 13.2. The number of fused-ring (bicyclic) bond motifs is 3. The van der Waals surface area contributed by atoms with Gasteiger partial charge in [0.05, 0.1) is 19.2 Å². The number of nitrogens with one attached hydrogen (secondary N) is 2. The van der Waals surface area contributed by atoms with E-state index in [4.69, 9.17) is 4.74 Å². The van der Waals surface area contributed by atoms with Crippen LogP contribution in [0.15, 0.2) is 30.0 Å². The van der Waals surface area contributed by atoms with Gasteiger partial charge in [-0.25, -0.2) is 0 Å². The summed E-state index contributed by atoms with van der Waals surface area (Å²) in [4.78, 5) is 39.8. The number of allylic oxidation sites excluding steroid dienone is 1. The minimum absolute atomic E-state index is 0.241. The highest BCUT2D eigenvalue weighted by Crippen LogP contribution is 2.47. The van der Waals surface area contributed by atoms with Crippen LogP contribution in [0, 0.1) is 5.41 Å². The fourth-order valence-corrected chi connectivity index (χ4v) is 4.08. The van der Waals surface area contributed by atoms with E-state index in [1.807, 2.05) is 24.8 Å². The van der Waals surface area contributed by atoms with Crippen molar-refractivity contribution >= 4 is 23.3 Å². The van der Waals surface area contributed by atoms with Crippen LogP contribution in [0.1, 0.15) is 51.6 Å². The summed E-state index contributed by atoms with van der Waals surface area (Å²) in [6, 6.07) is 3.09. The maximum absolute atomic E-state index is 13.2. The van der Waals surface area contributed by atoms with Gasteiger partial charge in [-0.1, -0.05) is 19.9 Å². The van der Waals surface area contributed by atoms with Crippen molar-refractivity contribution in [3.63, 3.8) is 0 Å². The smallest absolute Gasteiger partial charge is 0.389 e. The lowest BCUT2D eigenvalue weighted by Crippen LogP contribution is -2.47. The molecule has 0 aromatic heterocycles. The zero-order valence-electron chi connectivity index (χ0n) is 19.0. The lowest BCUT2D eigenvalue weighted by Gasteiger charge is -2.27. The van der Waals surface area contributed by atoms with E-state index in [0.29, 0.717) is 17.9 Å². The SMILES string of the molecule is COc1ccc2c(c1)N1CCC(C)(C)C1=CC(=O)[C@@H]2NC(=O)[C@H](C)NC(=O)CCC(F)(F)F. The van der Waals surface area contributed by atoms with Crippen molar-refractivity contribution in [2.75, 3.05) is 18.6 Å². The molecule has 0 saturated carbocycles. The number of alkyl halides is 3. The van der Waals surface area contributed by atoms with Crippen LogP contribution in [-0.4, -0.2) is 43.5 Å². The van der Waals surface area contributed by atoms with Crippen LogP contribution >= 0.6 is 0 Å². The summed E-state index contributed by atoms with van der Waals surface area (Å²) >= 11 is 0. The highest BCUT2D eigenvalue weighted by Gasteiger charge is 2.41. The molecule has 2 aliphatic rings. The molecule has 0 bridgehead atoms. The zero-order chi connectivity index (χ0) is 24.6. The van der Waals surface area contributed by atoms with Gasteiger partial charge in [-0.2, -0.15) is 13.2 Å². The molecule has 2 atom stereocenters. The summed E-state index contributed by atoms with van der Waals surface area (Å²) in [6.07, 6.45) is -4.13. The molecule has 2 amide bonds. The number of halogens is 3. The van der Waals surface area contributed by atoms with E-state index < -0.39 is 42.9 Å². The Morgan fingerprint density at radius 2 is 2.00 bits per heavy atom. The van der Waals surface area contributed by atoms with E-state index in [1.54, 1.807) is 12.1 Å². The van der Waals surface area contributed by atoms with Gasteiger partial charge in [0, 0.05) is 41.8 Å². The Morgan fingerprint density at radius 3 is 2.64 bits per heavy atom. The van der Waals surface area contributed by atoms with E-state index >= 15 is 0 Å². The molecule has 3 rings (SSSR count). The molecule has 0 spiro atoms. The van der Waals surface area contributed by atoms with Crippen LogP contribution in [0.2, 0.25) is 0 Å². The normalized spacial score (nSPS) is 20.2. The number of anilines is 1. The van der Waals surface area contributed by atoms with Gasteiger partial charge >= 0.3 is 6.18 Å². The molecule has 0 unspecified atom stereocenters. The Morgan fingerprint density at radius 1 is 1.30 bits per heavy atom. The average molecular weight is 467 g/mol. The third-order valence-electron chi connectivity index (χ3n) is 6.04. The molecule has 7 nitrogen and oxygen atoms in total. The van der Waals surface area contributed by atoms with Crippen LogP contribution in [0.3, 0.4) is 0 Å². The summed E-state index contributed by atoms with van der Waals surface area (Å²) in [5, 5.41) is 4.92. The molecular formula is C23H28F3N3O4. The van der Waals surface area contributed by atoms with Gasteiger partial charge in [-0.15, -0.1) is 0 Å². The van der Waals surface area contributed by atoms with Gasteiger partial charge in [0.1, 0.15) is 17.8 Å². The number of carbonyl (C=O) groups excluding carboxylic acids is 3. The third-order valence-corrected chi connectivity index (χ3v) is 6.04. The Kier molecular flexibility index (Phi) is 6.76. The fourth-order valence-electron chi connectivity index (χ4n) is 4.08. The average Bonchev–Trinajstić information content (AvgIpc) is 2.96. The Labute approximate surface area is 190 Å². The first-order valence-corrected chi connectivity index (χ1v) is 10.7. The van der Waals surface area contributed by atoms with Gasteiger partial charge in [0.25, 0.3) is 0 Å². The standard InChI is InChI=1S/C23H28F3N3O4/c1-13(27-19(31)7-8-23(24,25)26)21(32)28-20-15-6-5-14(33-4)11-16(15)29-10-9-22(2,3)18(29)12-17(20)30/h5-6,11-13,20H,7-10H2,1-4H3,(H,27,31)(H,28,32)/t13-,20+/m0/s1. The van der Waals surface area contributed by atoms with Crippen LogP contribution < -0.4 is 20.3 Å². The largest absolute Gasteiger partial charge is 0.497 e. The molecule has 1 aromatic carbocycles. The molecule has 0 radical (unpaired) electrons. The lowest BCUT2D eigenvalue weighted by molar-refractivity contribution is -0.144. The number of ether oxygens (including phenoxy) is 1. The second kappa shape index (κ2) is 9.07. The van der Waals surface area contributed by atoms with Gasteiger partial charge in [0.2, 0.25) is 11.8 Å². The first kappa shape index (κ1) is 24.6. The summed E-state index contributed by atoms with van der Waals surface area (Å²) in [6.45, 7) is 6.14. The topological polar surface area (TPSA) is 87.7 Å². The second-order valence-corrected chi connectivity index (χ2v) is 8.99. The van der Waals surface area contributed by atoms with Crippen molar-refractivity contribution in [3.8, 4) is 5.75 Å². The Hall–Kier alpha value is -3.04. The molecule has 1 fully saturated rings. The van der Waals surface area contributed by atoms with E-state index in [9.17, 15) is 27.6 Å². The van der Waals surface area contributed by atoms with Crippen molar-refractivity contribution in [2.45, 2.75) is 58.3 Å². The summed E-state index contributed by atoms with van der Waals surface area (Å²) < 4.78 is 42.3. The van der Waals surface area contributed by atoms with Crippen molar-refractivity contribution in [2.24, 2.45) is 5.41 Å². The number of hydrogen-bond acceptors (Lipinski definition) is 5. The van der Waals surface area contributed by atoms with Crippen molar-refractivity contribution in [3.05, 3.63) is 35.5 Å². The number of amides is 2. The molecule has 1 saturated heterocycles. The third kappa shape index (κ3) is 5.48. The number of benzene rings is 1. The van der Waals surface area contributed by atoms with Crippen LogP contribution in [0.4, 0.5) is 18.9 Å².